The average molecular weight is 473 g/mol. The zero-order valence-electron chi connectivity index (χ0n) is 23.1. The average Bonchev–Trinajstić information content (AvgIpc) is 3.05. The van der Waals surface area contributed by atoms with Crippen LogP contribution in [0.2, 0.25) is 19.6 Å². The van der Waals surface area contributed by atoms with Crippen LogP contribution < -0.4 is 0 Å². The Morgan fingerprint density at radius 1 is 1.06 bits per heavy atom. The van der Waals surface area contributed by atoms with E-state index in [9.17, 15) is 4.79 Å². The molecule has 3 heteroatoms. The minimum Gasteiger partial charge on any atom is -0.412 e. The summed E-state index contributed by atoms with van der Waals surface area (Å²) in [6, 6.07) is 0. The Bertz CT molecular complexity index is 779. The van der Waals surface area contributed by atoms with Gasteiger partial charge in [0, 0.05) is 6.42 Å². The fraction of sp³-hybridized carbons (Fsp3) is 0.900. The topological polar surface area (TPSA) is 26.3 Å². The fourth-order valence-electron chi connectivity index (χ4n) is 9.42. The third kappa shape index (κ3) is 4.71. The highest BCUT2D eigenvalue weighted by atomic mass is 28.4. The largest absolute Gasteiger partial charge is 0.412 e. The van der Waals surface area contributed by atoms with Crippen LogP contribution in [0.4, 0.5) is 0 Å². The van der Waals surface area contributed by atoms with Crippen LogP contribution in [-0.4, -0.2) is 19.7 Å². The third-order valence-electron chi connectivity index (χ3n) is 10.7. The standard InChI is InChI=1S/C30H52O2Si/c1-21(2)10-9-17-30(5,32-33(6,7)8)27-14-13-25-24-12-11-22-20-23(31)15-18-28(22,3)26(24)16-19-29(25,27)4/h20-21,24-27H,9-19H2,1-8H3/t24?,25?,26?,27?,28?,29?,30-/m1/s1. The van der Waals surface area contributed by atoms with Crippen molar-refractivity contribution in [3.05, 3.63) is 11.6 Å². The van der Waals surface area contributed by atoms with Gasteiger partial charge in [0.1, 0.15) is 0 Å². The molecule has 0 aromatic rings. The van der Waals surface area contributed by atoms with E-state index in [2.05, 4.69) is 60.3 Å². The Hall–Kier alpha value is -0.413. The van der Waals surface area contributed by atoms with E-state index < -0.39 is 8.32 Å². The van der Waals surface area contributed by atoms with Crippen LogP contribution in [0.3, 0.4) is 0 Å². The van der Waals surface area contributed by atoms with Gasteiger partial charge >= 0.3 is 0 Å². The molecule has 0 bridgehead atoms. The Kier molecular flexibility index (Phi) is 6.93. The van der Waals surface area contributed by atoms with Crippen molar-refractivity contribution >= 4 is 14.1 Å². The summed E-state index contributed by atoms with van der Waals surface area (Å²) >= 11 is 0. The highest BCUT2D eigenvalue weighted by Gasteiger charge is 2.62. The molecule has 3 fully saturated rings. The summed E-state index contributed by atoms with van der Waals surface area (Å²) in [7, 11) is -1.64. The lowest BCUT2D eigenvalue weighted by atomic mass is 9.46. The monoisotopic (exact) mass is 472 g/mol. The summed E-state index contributed by atoms with van der Waals surface area (Å²) in [6.07, 6.45) is 15.7. The van der Waals surface area contributed by atoms with Gasteiger partial charge in [-0.25, -0.2) is 0 Å². The maximum Gasteiger partial charge on any atom is 0.184 e. The quantitative estimate of drug-likeness (QED) is 0.347. The molecule has 6 unspecified atom stereocenters. The van der Waals surface area contributed by atoms with Crippen molar-refractivity contribution in [1.82, 2.24) is 0 Å². The molecule has 0 aromatic carbocycles. The molecule has 0 N–H and O–H groups in total. The molecule has 0 saturated heterocycles. The van der Waals surface area contributed by atoms with Gasteiger partial charge < -0.3 is 4.43 Å². The van der Waals surface area contributed by atoms with Gasteiger partial charge in [0.2, 0.25) is 0 Å². The Labute approximate surface area is 205 Å². The molecule has 4 aliphatic rings. The van der Waals surface area contributed by atoms with Crippen LogP contribution in [0.1, 0.15) is 105 Å². The van der Waals surface area contributed by atoms with Crippen molar-refractivity contribution in [2.75, 3.05) is 0 Å². The predicted octanol–water partition coefficient (Wildman–Crippen LogP) is 8.57. The van der Waals surface area contributed by atoms with Crippen molar-refractivity contribution in [2.45, 2.75) is 130 Å². The Morgan fingerprint density at radius 2 is 1.79 bits per heavy atom. The molecule has 0 aromatic heterocycles. The van der Waals surface area contributed by atoms with E-state index in [4.69, 9.17) is 4.43 Å². The number of rotatable bonds is 7. The molecule has 4 aliphatic carbocycles. The van der Waals surface area contributed by atoms with Gasteiger partial charge in [0.25, 0.3) is 0 Å². The van der Waals surface area contributed by atoms with E-state index in [0.29, 0.717) is 17.1 Å². The predicted molar refractivity (Wildman–Crippen MR) is 142 cm³/mol. The van der Waals surface area contributed by atoms with Gasteiger partial charge in [-0.05, 0) is 124 Å². The molecule has 0 heterocycles. The van der Waals surface area contributed by atoms with Crippen LogP contribution in [0.5, 0.6) is 0 Å². The van der Waals surface area contributed by atoms with Gasteiger partial charge in [0.15, 0.2) is 14.1 Å². The van der Waals surface area contributed by atoms with Gasteiger partial charge in [-0.15, -0.1) is 0 Å². The number of allylic oxidation sites excluding steroid dienone is 1. The molecule has 0 spiro atoms. The van der Waals surface area contributed by atoms with Gasteiger partial charge in [-0.1, -0.05) is 46.1 Å². The van der Waals surface area contributed by atoms with E-state index in [1.54, 1.807) is 0 Å². The molecule has 7 atom stereocenters. The first kappa shape index (κ1) is 25.7. The first-order valence-electron chi connectivity index (χ1n) is 14.2. The van der Waals surface area contributed by atoms with Crippen molar-refractivity contribution in [1.29, 1.82) is 0 Å². The van der Waals surface area contributed by atoms with Crippen molar-refractivity contribution < 1.29 is 9.22 Å². The maximum atomic E-state index is 12.2. The Balaban J connectivity index is 1.59. The number of carbonyl (C=O) groups excluding carboxylic acids is 1. The summed E-state index contributed by atoms with van der Waals surface area (Å²) in [5, 5.41) is 0. The second-order valence-electron chi connectivity index (χ2n) is 14.5. The highest BCUT2D eigenvalue weighted by molar-refractivity contribution is 6.69. The number of fused-ring (bicyclic) bond motifs is 5. The van der Waals surface area contributed by atoms with Crippen molar-refractivity contribution in [3.63, 3.8) is 0 Å². The smallest absolute Gasteiger partial charge is 0.184 e. The molecule has 0 radical (unpaired) electrons. The SMILES string of the molecule is CC(C)CCC[C@@](C)(O[Si](C)(C)C)C1CCC2C3CCC4=CC(=O)CCC4(C)C3CCC21C. The molecular formula is C30H52O2Si. The Morgan fingerprint density at radius 3 is 2.45 bits per heavy atom. The molecule has 0 amide bonds. The summed E-state index contributed by atoms with van der Waals surface area (Å²) in [6.45, 7) is 19.6. The van der Waals surface area contributed by atoms with Crippen LogP contribution in [0, 0.1) is 40.4 Å². The third-order valence-corrected chi connectivity index (χ3v) is 11.8. The van der Waals surface area contributed by atoms with Gasteiger partial charge in [-0.3, -0.25) is 4.79 Å². The van der Waals surface area contributed by atoms with Gasteiger partial charge in [0.05, 0.1) is 5.60 Å². The van der Waals surface area contributed by atoms with Crippen LogP contribution in [0.15, 0.2) is 11.6 Å². The molecule has 2 nitrogen and oxygen atoms in total. The van der Waals surface area contributed by atoms with Crippen molar-refractivity contribution in [2.24, 2.45) is 40.4 Å². The van der Waals surface area contributed by atoms with E-state index >= 15 is 0 Å². The van der Waals surface area contributed by atoms with Crippen molar-refractivity contribution in [3.8, 4) is 0 Å². The van der Waals surface area contributed by atoms with Crippen LogP contribution in [0.25, 0.3) is 0 Å². The van der Waals surface area contributed by atoms with E-state index in [1.807, 2.05) is 0 Å². The summed E-state index contributed by atoms with van der Waals surface area (Å²) < 4.78 is 7.15. The number of hydrogen-bond acceptors (Lipinski definition) is 2. The maximum absolute atomic E-state index is 12.2. The van der Waals surface area contributed by atoms with E-state index in [1.165, 1.54) is 56.9 Å². The lowest BCUT2D eigenvalue weighted by Gasteiger charge is -2.59. The fourth-order valence-corrected chi connectivity index (χ4v) is 11.1. The summed E-state index contributed by atoms with van der Waals surface area (Å²) in [5.41, 5.74) is 2.22. The normalized spacial score (nSPS) is 40.6. The number of ketones is 1. The van der Waals surface area contributed by atoms with Gasteiger partial charge in [-0.2, -0.15) is 0 Å². The molecule has 4 rings (SSSR count). The minimum atomic E-state index is -1.64. The number of hydrogen-bond donors (Lipinski definition) is 0. The first-order valence-corrected chi connectivity index (χ1v) is 17.6. The lowest BCUT2D eigenvalue weighted by molar-refractivity contribution is -0.119. The molecule has 33 heavy (non-hydrogen) atoms. The zero-order chi connectivity index (χ0) is 24.2. The summed E-state index contributed by atoms with van der Waals surface area (Å²) in [4.78, 5) is 12.2. The lowest BCUT2D eigenvalue weighted by Crippen LogP contribution is -2.55. The molecule has 0 aliphatic heterocycles. The second-order valence-corrected chi connectivity index (χ2v) is 18.9. The molecule has 3 saturated carbocycles. The van der Waals surface area contributed by atoms with Crippen LogP contribution >= 0.6 is 0 Å². The molecule has 188 valence electrons. The first-order chi connectivity index (χ1) is 15.3. The second kappa shape index (κ2) is 8.91. The highest BCUT2D eigenvalue weighted by Crippen LogP contribution is 2.68. The van der Waals surface area contributed by atoms with E-state index in [-0.39, 0.29) is 11.0 Å². The summed E-state index contributed by atoms with van der Waals surface area (Å²) in [5.74, 6) is 4.31. The van der Waals surface area contributed by atoms with E-state index in [0.717, 1.165) is 42.9 Å². The zero-order valence-corrected chi connectivity index (χ0v) is 24.1. The number of carbonyl (C=O) groups is 1. The minimum absolute atomic E-state index is 0.0244. The van der Waals surface area contributed by atoms with Crippen LogP contribution in [-0.2, 0) is 9.22 Å². The molecular weight excluding hydrogens is 420 g/mol.